The van der Waals surface area contributed by atoms with Crippen LogP contribution in [0, 0.1) is 5.92 Å². The van der Waals surface area contributed by atoms with Gasteiger partial charge in [0.2, 0.25) is 0 Å². The summed E-state index contributed by atoms with van der Waals surface area (Å²) in [5.41, 5.74) is 1.59. The van der Waals surface area contributed by atoms with Crippen LogP contribution in [0.1, 0.15) is 25.7 Å². The van der Waals surface area contributed by atoms with E-state index in [0.717, 1.165) is 25.3 Å². The van der Waals surface area contributed by atoms with E-state index in [4.69, 9.17) is 0 Å². The average Bonchev–Trinajstić information content (AvgIpc) is 2.69. The van der Waals surface area contributed by atoms with Gasteiger partial charge in [0.25, 0.3) is 11.8 Å². The number of hydrogen-bond acceptors (Lipinski definition) is 5. The maximum absolute atomic E-state index is 12.6. The standard InChI is InChI=1S/C20H26N4O3/c25-18-15-8-9-21-12-16(15)23-20(27)17(18)19(26)22-13-4-6-14(7-5-13)24-10-2-1-3-11-24/h4-7,15-16,21,25H,1-3,8-12H2,(H,22,26)(H,23,27). The Bertz CT molecular complexity index is 753. The predicted molar refractivity (Wildman–Crippen MR) is 104 cm³/mol. The first-order chi connectivity index (χ1) is 13.1. The van der Waals surface area contributed by atoms with Gasteiger partial charge < -0.3 is 26.0 Å². The summed E-state index contributed by atoms with van der Waals surface area (Å²) in [6, 6.07) is 7.49. The van der Waals surface area contributed by atoms with E-state index in [0.29, 0.717) is 18.7 Å². The number of amides is 2. The van der Waals surface area contributed by atoms with Gasteiger partial charge >= 0.3 is 0 Å². The van der Waals surface area contributed by atoms with Crippen LogP contribution in [-0.4, -0.2) is 49.1 Å². The minimum atomic E-state index is -0.562. The number of nitrogens with zero attached hydrogens (tertiary/aromatic N) is 1. The van der Waals surface area contributed by atoms with Crippen molar-refractivity contribution >= 4 is 23.2 Å². The molecule has 2 saturated heterocycles. The molecule has 7 heteroatoms. The Morgan fingerprint density at radius 1 is 1.15 bits per heavy atom. The van der Waals surface area contributed by atoms with Gasteiger partial charge in [-0.25, -0.2) is 0 Å². The van der Waals surface area contributed by atoms with Gasteiger partial charge in [0, 0.05) is 36.9 Å². The van der Waals surface area contributed by atoms with Crippen molar-refractivity contribution in [1.29, 1.82) is 0 Å². The largest absolute Gasteiger partial charge is 0.511 e. The Hall–Kier alpha value is -2.54. The highest BCUT2D eigenvalue weighted by molar-refractivity contribution is 6.23. The molecular formula is C20H26N4O3. The SMILES string of the molecule is O=C(Nc1ccc(N2CCCCC2)cc1)C1=C(O)C2CCNCC2NC1=O. The van der Waals surface area contributed by atoms with E-state index in [1.165, 1.54) is 19.3 Å². The van der Waals surface area contributed by atoms with Crippen LogP contribution in [-0.2, 0) is 9.59 Å². The molecule has 2 fully saturated rings. The maximum Gasteiger partial charge on any atom is 0.264 e. The third kappa shape index (κ3) is 3.64. The summed E-state index contributed by atoms with van der Waals surface area (Å²) < 4.78 is 0. The monoisotopic (exact) mass is 370 g/mol. The topological polar surface area (TPSA) is 93.7 Å². The molecule has 2 unspecified atom stereocenters. The molecule has 4 rings (SSSR count). The lowest BCUT2D eigenvalue weighted by molar-refractivity contribution is -0.123. The molecule has 0 spiro atoms. The fourth-order valence-corrected chi connectivity index (χ4v) is 4.20. The van der Waals surface area contributed by atoms with E-state index in [-0.39, 0.29) is 23.3 Å². The molecule has 2 atom stereocenters. The zero-order chi connectivity index (χ0) is 18.8. The van der Waals surface area contributed by atoms with Gasteiger partial charge in [-0.1, -0.05) is 0 Å². The zero-order valence-electron chi connectivity index (χ0n) is 15.3. The van der Waals surface area contributed by atoms with Crippen LogP contribution in [0.5, 0.6) is 0 Å². The molecule has 4 N–H and O–H groups in total. The molecule has 2 amide bonds. The Balaban J connectivity index is 1.47. The fourth-order valence-electron chi connectivity index (χ4n) is 4.20. The number of nitrogens with one attached hydrogen (secondary N) is 3. The number of carbonyl (C=O) groups is 2. The van der Waals surface area contributed by atoms with Gasteiger partial charge in [0.1, 0.15) is 11.3 Å². The van der Waals surface area contributed by atoms with Gasteiger partial charge in [-0.05, 0) is 56.5 Å². The summed E-state index contributed by atoms with van der Waals surface area (Å²) in [6.45, 7) is 3.48. The smallest absolute Gasteiger partial charge is 0.264 e. The highest BCUT2D eigenvalue weighted by atomic mass is 16.3. The molecule has 3 aliphatic rings. The molecule has 3 aliphatic heterocycles. The van der Waals surface area contributed by atoms with E-state index in [1.54, 1.807) is 0 Å². The van der Waals surface area contributed by atoms with Crippen LogP contribution in [0.2, 0.25) is 0 Å². The second kappa shape index (κ2) is 7.60. The average molecular weight is 370 g/mol. The van der Waals surface area contributed by atoms with E-state index >= 15 is 0 Å². The van der Waals surface area contributed by atoms with Crippen molar-refractivity contribution in [2.24, 2.45) is 5.92 Å². The normalized spacial score (nSPS) is 25.6. The summed E-state index contributed by atoms with van der Waals surface area (Å²) in [4.78, 5) is 27.3. The number of aliphatic hydroxyl groups is 1. The van der Waals surface area contributed by atoms with Crippen LogP contribution < -0.4 is 20.9 Å². The van der Waals surface area contributed by atoms with Crippen LogP contribution in [0.25, 0.3) is 0 Å². The van der Waals surface area contributed by atoms with Crippen molar-refractivity contribution in [3.63, 3.8) is 0 Å². The lowest BCUT2D eigenvalue weighted by Crippen LogP contribution is -2.56. The molecule has 0 bridgehead atoms. The van der Waals surface area contributed by atoms with Crippen molar-refractivity contribution in [1.82, 2.24) is 10.6 Å². The molecule has 1 aromatic rings. The van der Waals surface area contributed by atoms with E-state index < -0.39 is 11.8 Å². The quantitative estimate of drug-likeness (QED) is 0.606. The van der Waals surface area contributed by atoms with Gasteiger partial charge in [-0.3, -0.25) is 9.59 Å². The van der Waals surface area contributed by atoms with E-state index in [2.05, 4.69) is 20.9 Å². The van der Waals surface area contributed by atoms with E-state index in [9.17, 15) is 14.7 Å². The molecular weight excluding hydrogens is 344 g/mol. The first-order valence-electron chi connectivity index (χ1n) is 9.74. The molecule has 0 aromatic heterocycles. The van der Waals surface area contributed by atoms with Crippen molar-refractivity contribution in [3.8, 4) is 0 Å². The molecule has 144 valence electrons. The summed E-state index contributed by atoms with van der Waals surface area (Å²) >= 11 is 0. The number of rotatable bonds is 3. The molecule has 0 radical (unpaired) electrons. The number of fused-ring (bicyclic) bond motifs is 1. The predicted octanol–water partition coefficient (Wildman–Crippen LogP) is 1.54. The van der Waals surface area contributed by atoms with Crippen LogP contribution in [0.3, 0.4) is 0 Å². The Morgan fingerprint density at radius 3 is 2.63 bits per heavy atom. The van der Waals surface area contributed by atoms with Gasteiger partial charge in [-0.2, -0.15) is 0 Å². The summed E-state index contributed by atoms with van der Waals surface area (Å²) in [5, 5.41) is 19.3. The van der Waals surface area contributed by atoms with E-state index in [1.807, 2.05) is 24.3 Å². The van der Waals surface area contributed by atoms with Gasteiger partial charge in [0.15, 0.2) is 0 Å². The lowest BCUT2D eigenvalue weighted by atomic mass is 9.85. The van der Waals surface area contributed by atoms with Gasteiger partial charge in [0.05, 0.1) is 6.04 Å². The third-order valence-corrected chi connectivity index (χ3v) is 5.71. The molecule has 27 heavy (non-hydrogen) atoms. The Labute approximate surface area is 158 Å². The first-order valence-corrected chi connectivity index (χ1v) is 9.74. The van der Waals surface area contributed by atoms with Crippen molar-refractivity contribution in [3.05, 3.63) is 35.6 Å². The summed E-state index contributed by atoms with van der Waals surface area (Å²) in [6.07, 6.45) is 4.39. The summed E-state index contributed by atoms with van der Waals surface area (Å²) in [7, 11) is 0. The highest BCUT2D eigenvalue weighted by Gasteiger charge is 2.39. The molecule has 7 nitrogen and oxygen atoms in total. The molecule has 0 aliphatic carbocycles. The Morgan fingerprint density at radius 2 is 1.89 bits per heavy atom. The highest BCUT2D eigenvalue weighted by Crippen LogP contribution is 2.28. The Kier molecular flexibility index (Phi) is 5.03. The number of hydrogen-bond donors (Lipinski definition) is 4. The number of anilines is 2. The van der Waals surface area contributed by atoms with Gasteiger partial charge in [-0.15, -0.1) is 0 Å². The zero-order valence-corrected chi connectivity index (χ0v) is 15.3. The second-order valence-corrected chi connectivity index (χ2v) is 7.49. The minimum absolute atomic E-state index is 0.0901. The van der Waals surface area contributed by atoms with Crippen molar-refractivity contribution < 1.29 is 14.7 Å². The fraction of sp³-hybridized carbons (Fsp3) is 0.500. The van der Waals surface area contributed by atoms with Crippen LogP contribution >= 0.6 is 0 Å². The maximum atomic E-state index is 12.6. The molecule has 3 heterocycles. The number of benzene rings is 1. The third-order valence-electron chi connectivity index (χ3n) is 5.71. The number of carbonyl (C=O) groups excluding carboxylic acids is 2. The number of piperidine rings is 2. The number of aliphatic hydroxyl groups excluding tert-OH is 1. The van der Waals surface area contributed by atoms with Crippen molar-refractivity contribution in [2.45, 2.75) is 31.7 Å². The van der Waals surface area contributed by atoms with Crippen LogP contribution in [0.15, 0.2) is 35.6 Å². The first kappa shape index (κ1) is 17.9. The summed E-state index contributed by atoms with van der Waals surface area (Å²) in [5.74, 6) is -1.37. The molecule has 0 saturated carbocycles. The molecule has 1 aromatic carbocycles. The van der Waals surface area contributed by atoms with Crippen LogP contribution in [0.4, 0.5) is 11.4 Å². The lowest BCUT2D eigenvalue weighted by Gasteiger charge is -2.36. The minimum Gasteiger partial charge on any atom is -0.511 e. The van der Waals surface area contributed by atoms with Crippen molar-refractivity contribution in [2.75, 3.05) is 36.4 Å². The second-order valence-electron chi connectivity index (χ2n) is 7.49.